The molecular formula is C15H20N6O. The van der Waals surface area contributed by atoms with Crippen LogP contribution in [0, 0.1) is 6.92 Å². The summed E-state index contributed by atoms with van der Waals surface area (Å²) in [5, 5.41) is 10.4. The molecule has 0 bridgehead atoms. The molecular weight excluding hydrogens is 280 g/mol. The van der Waals surface area contributed by atoms with Gasteiger partial charge >= 0.3 is 0 Å². The van der Waals surface area contributed by atoms with Gasteiger partial charge in [0.1, 0.15) is 23.6 Å². The Morgan fingerprint density at radius 2 is 2.14 bits per heavy atom. The van der Waals surface area contributed by atoms with Gasteiger partial charge in [-0.3, -0.25) is 5.10 Å². The summed E-state index contributed by atoms with van der Waals surface area (Å²) in [6.07, 6.45) is 6.40. The SMILES string of the molecule is Cc1nc([C@@H]2CC[C@H](CNc3ccnc(C4CC4)n3)O2)n[nH]1. The van der Waals surface area contributed by atoms with Gasteiger partial charge in [-0.05, 0) is 38.7 Å². The van der Waals surface area contributed by atoms with Crippen LogP contribution in [0.5, 0.6) is 0 Å². The van der Waals surface area contributed by atoms with Crippen molar-refractivity contribution in [2.45, 2.75) is 50.7 Å². The number of rotatable bonds is 5. The van der Waals surface area contributed by atoms with Crippen LogP contribution in [0.15, 0.2) is 12.3 Å². The van der Waals surface area contributed by atoms with E-state index < -0.39 is 0 Å². The highest BCUT2D eigenvalue weighted by atomic mass is 16.5. The van der Waals surface area contributed by atoms with E-state index in [4.69, 9.17) is 4.74 Å². The Morgan fingerprint density at radius 3 is 2.91 bits per heavy atom. The minimum atomic E-state index is 0.00387. The van der Waals surface area contributed by atoms with Gasteiger partial charge in [-0.25, -0.2) is 15.0 Å². The third-order valence-electron chi connectivity index (χ3n) is 4.14. The molecule has 22 heavy (non-hydrogen) atoms. The summed E-state index contributed by atoms with van der Waals surface area (Å²) in [7, 11) is 0. The topological polar surface area (TPSA) is 88.6 Å². The highest BCUT2D eigenvalue weighted by Crippen LogP contribution is 2.38. The molecule has 1 aliphatic heterocycles. The monoisotopic (exact) mass is 300 g/mol. The second-order valence-corrected chi connectivity index (χ2v) is 6.06. The van der Waals surface area contributed by atoms with Crippen LogP contribution in [-0.2, 0) is 4.74 Å². The Hall–Kier alpha value is -2.02. The van der Waals surface area contributed by atoms with E-state index in [9.17, 15) is 0 Å². The molecule has 4 rings (SSSR count). The van der Waals surface area contributed by atoms with Crippen molar-refractivity contribution in [3.05, 3.63) is 29.7 Å². The molecule has 0 aromatic carbocycles. The number of aryl methyl sites for hydroxylation is 1. The van der Waals surface area contributed by atoms with Crippen molar-refractivity contribution < 1.29 is 4.74 Å². The van der Waals surface area contributed by atoms with Gasteiger partial charge in [0.15, 0.2) is 5.82 Å². The number of nitrogens with zero attached hydrogens (tertiary/aromatic N) is 4. The van der Waals surface area contributed by atoms with Crippen LogP contribution in [0.4, 0.5) is 5.82 Å². The number of H-pyrrole nitrogens is 1. The first-order valence-corrected chi connectivity index (χ1v) is 7.89. The zero-order valence-corrected chi connectivity index (χ0v) is 12.6. The number of hydrogen-bond acceptors (Lipinski definition) is 6. The van der Waals surface area contributed by atoms with E-state index in [1.54, 1.807) is 0 Å². The van der Waals surface area contributed by atoms with Crippen LogP contribution in [0.3, 0.4) is 0 Å². The van der Waals surface area contributed by atoms with Crippen molar-refractivity contribution >= 4 is 5.82 Å². The second-order valence-electron chi connectivity index (χ2n) is 6.06. The maximum absolute atomic E-state index is 6.02. The highest BCUT2D eigenvalue weighted by molar-refractivity contribution is 5.34. The number of anilines is 1. The Kier molecular flexibility index (Phi) is 3.49. The summed E-state index contributed by atoms with van der Waals surface area (Å²) in [6, 6.07) is 1.91. The molecule has 2 aromatic rings. The summed E-state index contributed by atoms with van der Waals surface area (Å²) in [5.41, 5.74) is 0. The largest absolute Gasteiger partial charge is 0.367 e. The van der Waals surface area contributed by atoms with Crippen LogP contribution in [0.25, 0.3) is 0 Å². The van der Waals surface area contributed by atoms with Crippen LogP contribution >= 0.6 is 0 Å². The van der Waals surface area contributed by atoms with Crippen molar-refractivity contribution in [3.8, 4) is 0 Å². The molecule has 0 amide bonds. The lowest BCUT2D eigenvalue weighted by atomic mass is 10.2. The van der Waals surface area contributed by atoms with Crippen LogP contribution in [0.1, 0.15) is 55.2 Å². The van der Waals surface area contributed by atoms with Crippen molar-refractivity contribution in [1.82, 2.24) is 25.1 Å². The maximum Gasteiger partial charge on any atom is 0.179 e. The van der Waals surface area contributed by atoms with E-state index >= 15 is 0 Å². The molecule has 1 aliphatic carbocycles. The summed E-state index contributed by atoms with van der Waals surface area (Å²) in [4.78, 5) is 13.3. The first-order chi connectivity index (χ1) is 10.8. The van der Waals surface area contributed by atoms with Gasteiger partial charge in [-0.15, -0.1) is 0 Å². The van der Waals surface area contributed by atoms with Gasteiger partial charge < -0.3 is 10.1 Å². The standard InChI is InChI=1S/C15H20N6O/c1-9-18-15(21-20-9)12-5-4-11(22-12)8-17-13-6-7-16-14(19-13)10-2-3-10/h6-7,10-12H,2-5,8H2,1H3,(H,16,17,19)(H,18,20,21)/t11-,12+/m1/s1. The van der Waals surface area contributed by atoms with Crippen LogP contribution in [-0.4, -0.2) is 37.8 Å². The molecule has 0 unspecified atom stereocenters. The Bertz CT molecular complexity index is 653. The fourth-order valence-electron chi connectivity index (χ4n) is 2.78. The van der Waals surface area contributed by atoms with Gasteiger partial charge in [0.2, 0.25) is 0 Å². The third kappa shape index (κ3) is 2.94. The van der Waals surface area contributed by atoms with Crippen LogP contribution < -0.4 is 5.32 Å². The molecule has 1 saturated heterocycles. The van der Waals surface area contributed by atoms with Gasteiger partial charge in [-0.2, -0.15) is 5.10 Å². The number of ether oxygens (including phenoxy) is 1. The van der Waals surface area contributed by atoms with Crippen LogP contribution in [0.2, 0.25) is 0 Å². The minimum Gasteiger partial charge on any atom is -0.367 e. The number of hydrogen-bond donors (Lipinski definition) is 2. The summed E-state index contributed by atoms with van der Waals surface area (Å²) >= 11 is 0. The van der Waals surface area contributed by atoms with Gasteiger partial charge in [0.25, 0.3) is 0 Å². The van der Waals surface area contributed by atoms with Gasteiger partial charge in [0, 0.05) is 18.7 Å². The lowest BCUT2D eigenvalue weighted by Crippen LogP contribution is -2.20. The second kappa shape index (κ2) is 5.64. The van der Waals surface area contributed by atoms with E-state index in [1.165, 1.54) is 12.8 Å². The average molecular weight is 300 g/mol. The van der Waals surface area contributed by atoms with E-state index in [-0.39, 0.29) is 12.2 Å². The fraction of sp³-hybridized carbons (Fsp3) is 0.600. The maximum atomic E-state index is 6.02. The molecule has 2 atom stereocenters. The molecule has 2 N–H and O–H groups in total. The number of aromatic amines is 1. The summed E-state index contributed by atoms with van der Waals surface area (Å²) < 4.78 is 6.02. The molecule has 3 heterocycles. The zero-order valence-electron chi connectivity index (χ0n) is 12.6. The predicted octanol–water partition coefficient (Wildman–Crippen LogP) is 2.11. The van der Waals surface area contributed by atoms with Gasteiger partial charge in [-0.1, -0.05) is 0 Å². The lowest BCUT2D eigenvalue weighted by Gasteiger charge is -2.13. The number of aromatic nitrogens is 5. The summed E-state index contributed by atoms with van der Waals surface area (Å²) in [5.74, 6) is 4.01. The van der Waals surface area contributed by atoms with E-state index in [0.29, 0.717) is 5.92 Å². The van der Waals surface area contributed by atoms with Crippen molar-refractivity contribution in [3.63, 3.8) is 0 Å². The average Bonchev–Trinajstić information content (AvgIpc) is 3.13. The fourth-order valence-corrected chi connectivity index (χ4v) is 2.78. The molecule has 116 valence electrons. The predicted molar refractivity (Wildman–Crippen MR) is 80.5 cm³/mol. The third-order valence-corrected chi connectivity index (χ3v) is 4.14. The molecule has 0 spiro atoms. The molecule has 7 heteroatoms. The molecule has 7 nitrogen and oxygen atoms in total. The first kappa shape index (κ1) is 13.6. The van der Waals surface area contributed by atoms with Crippen molar-refractivity contribution in [1.29, 1.82) is 0 Å². The molecule has 2 aliphatic rings. The molecule has 2 aromatic heterocycles. The normalized spacial score (nSPS) is 24.6. The van der Waals surface area contributed by atoms with E-state index in [2.05, 4.69) is 30.5 Å². The quantitative estimate of drug-likeness (QED) is 0.879. The van der Waals surface area contributed by atoms with E-state index in [0.717, 1.165) is 42.7 Å². The highest BCUT2D eigenvalue weighted by Gasteiger charge is 2.29. The molecule has 2 fully saturated rings. The van der Waals surface area contributed by atoms with Gasteiger partial charge in [0.05, 0.1) is 6.10 Å². The molecule has 1 saturated carbocycles. The zero-order chi connectivity index (χ0) is 14.9. The van der Waals surface area contributed by atoms with Crippen molar-refractivity contribution in [2.24, 2.45) is 0 Å². The van der Waals surface area contributed by atoms with E-state index in [1.807, 2.05) is 19.2 Å². The van der Waals surface area contributed by atoms with Crippen molar-refractivity contribution in [2.75, 3.05) is 11.9 Å². The first-order valence-electron chi connectivity index (χ1n) is 7.89. The Balaban J connectivity index is 1.32. The smallest absolute Gasteiger partial charge is 0.179 e. The summed E-state index contributed by atoms with van der Waals surface area (Å²) in [6.45, 7) is 2.65. The minimum absolute atomic E-state index is 0.00387. The lowest BCUT2D eigenvalue weighted by molar-refractivity contribution is 0.0471. The Labute approximate surface area is 128 Å². The Morgan fingerprint density at radius 1 is 1.23 bits per heavy atom. The molecule has 0 radical (unpaired) electrons. The number of nitrogens with one attached hydrogen (secondary N) is 2.